The molecule has 1 fully saturated rings. The summed E-state index contributed by atoms with van der Waals surface area (Å²) in [4.78, 5) is 14.1. The van der Waals surface area contributed by atoms with Crippen molar-refractivity contribution in [3.8, 4) is 6.07 Å². The number of likely N-dealkylation sites (tertiary alicyclic amines) is 1. The van der Waals surface area contributed by atoms with Crippen LogP contribution in [-0.2, 0) is 27.1 Å². The van der Waals surface area contributed by atoms with E-state index in [0.29, 0.717) is 30.7 Å². The predicted molar refractivity (Wildman–Crippen MR) is 136 cm³/mol. The van der Waals surface area contributed by atoms with Crippen LogP contribution in [0.2, 0.25) is 0 Å². The van der Waals surface area contributed by atoms with Gasteiger partial charge in [-0.05, 0) is 93.5 Å². The van der Waals surface area contributed by atoms with Gasteiger partial charge in [0.05, 0.1) is 37.1 Å². The molecule has 3 rings (SSSR count). The molecule has 36 heavy (non-hydrogen) atoms. The van der Waals surface area contributed by atoms with Crippen molar-refractivity contribution in [3.63, 3.8) is 0 Å². The zero-order valence-corrected chi connectivity index (χ0v) is 21.5. The minimum absolute atomic E-state index is 0.168. The van der Waals surface area contributed by atoms with E-state index in [2.05, 4.69) is 11.0 Å². The topological polar surface area (TPSA) is 82.8 Å². The molecule has 0 radical (unpaired) electrons. The second-order valence-electron chi connectivity index (χ2n) is 9.54. The minimum atomic E-state index is -0.663. The summed E-state index contributed by atoms with van der Waals surface area (Å²) >= 11 is 0. The summed E-state index contributed by atoms with van der Waals surface area (Å²) in [5.41, 5.74) is 3.92. The third-order valence-electron chi connectivity index (χ3n) is 6.80. The summed E-state index contributed by atoms with van der Waals surface area (Å²) in [5, 5.41) is 20.0. The Bertz CT molecular complexity index is 1070. The fraction of sp³-hybridized carbons (Fsp3) is 0.517. The first-order valence-electron chi connectivity index (χ1n) is 12.8. The first-order chi connectivity index (χ1) is 17.3. The lowest BCUT2D eigenvalue weighted by Crippen LogP contribution is -2.39. The number of nitriles is 1. The zero-order chi connectivity index (χ0) is 26.1. The van der Waals surface area contributed by atoms with E-state index in [4.69, 9.17) is 9.47 Å². The molecule has 2 aromatic carbocycles. The van der Waals surface area contributed by atoms with Gasteiger partial charge in [0.1, 0.15) is 5.82 Å². The van der Waals surface area contributed by atoms with Gasteiger partial charge in [-0.1, -0.05) is 18.2 Å². The maximum absolute atomic E-state index is 14.0. The SMILES string of the molecule is CCOC(=O)CCc1cc(C#N)ccc1C(C)OC[C@H](O)CN1CCC[C@H]1Cc1ccc(C)c(F)c1. The first-order valence-corrected chi connectivity index (χ1v) is 12.8. The van der Waals surface area contributed by atoms with Crippen molar-refractivity contribution >= 4 is 5.97 Å². The maximum atomic E-state index is 14.0. The van der Waals surface area contributed by atoms with Crippen LogP contribution in [0.1, 0.15) is 67.0 Å². The second-order valence-corrected chi connectivity index (χ2v) is 9.54. The third-order valence-corrected chi connectivity index (χ3v) is 6.80. The number of esters is 1. The molecule has 6 nitrogen and oxygen atoms in total. The number of benzene rings is 2. The number of rotatable bonds is 12. The van der Waals surface area contributed by atoms with Crippen LogP contribution in [-0.4, -0.2) is 54.4 Å². The highest BCUT2D eigenvalue weighted by molar-refractivity contribution is 5.69. The first kappa shape index (κ1) is 27.8. The molecule has 0 amide bonds. The predicted octanol–water partition coefficient (Wildman–Crippen LogP) is 4.65. The Labute approximate surface area is 213 Å². The van der Waals surface area contributed by atoms with Crippen LogP contribution in [0.4, 0.5) is 4.39 Å². The molecule has 1 aliphatic heterocycles. The molecular formula is C29H37FN2O4. The third kappa shape index (κ3) is 7.86. The Hall–Kier alpha value is -2.79. The average Bonchev–Trinajstić information content (AvgIpc) is 3.29. The van der Waals surface area contributed by atoms with Crippen LogP contribution in [0.25, 0.3) is 0 Å². The monoisotopic (exact) mass is 496 g/mol. The van der Waals surface area contributed by atoms with Gasteiger partial charge in [0.15, 0.2) is 0 Å². The quantitative estimate of drug-likeness (QED) is 0.431. The molecule has 194 valence electrons. The smallest absolute Gasteiger partial charge is 0.306 e. The number of aliphatic hydroxyl groups excluding tert-OH is 1. The van der Waals surface area contributed by atoms with E-state index in [0.717, 1.165) is 42.5 Å². The van der Waals surface area contributed by atoms with Crippen LogP contribution in [0, 0.1) is 24.1 Å². The van der Waals surface area contributed by atoms with Gasteiger partial charge in [0.25, 0.3) is 0 Å². The van der Waals surface area contributed by atoms with Gasteiger partial charge in [-0.2, -0.15) is 5.26 Å². The highest BCUT2D eigenvalue weighted by atomic mass is 19.1. The summed E-state index contributed by atoms with van der Waals surface area (Å²) in [5.74, 6) is -0.452. The Morgan fingerprint density at radius 1 is 1.31 bits per heavy atom. The van der Waals surface area contributed by atoms with Gasteiger partial charge in [0.2, 0.25) is 0 Å². The molecule has 0 aliphatic carbocycles. The summed E-state index contributed by atoms with van der Waals surface area (Å²) in [6.07, 6.45) is 2.54. The minimum Gasteiger partial charge on any atom is -0.466 e. The number of carbonyl (C=O) groups excluding carboxylic acids is 1. The number of hydrogen-bond acceptors (Lipinski definition) is 6. The lowest BCUT2D eigenvalue weighted by molar-refractivity contribution is -0.143. The van der Waals surface area contributed by atoms with Gasteiger partial charge in [-0.25, -0.2) is 4.39 Å². The van der Waals surface area contributed by atoms with Crippen molar-refractivity contribution in [1.29, 1.82) is 5.26 Å². The Morgan fingerprint density at radius 2 is 2.11 bits per heavy atom. The number of nitrogens with zero attached hydrogens (tertiary/aromatic N) is 2. The van der Waals surface area contributed by atoms with Gasteiger partial charge >= 0.3 is 5.97 Å². The number of halogens is 1. The molecular weight excluding hydrogens is 459 g/mol. The van der Waals surface area contributed by atoms with Gasteiger partial charge < -0.3 is 14.6 Å². The van der Waals surface area contributed by atoms with Crippen LogP contribution in [0.3, 0.4) is 0 Å². The molecule has 1 N–H and O–H groups in total. The number of aliphatic hydroxyl groups is 1. The van der Waals surface area contributed by atoms with Crippen LogP contribution >= 0.6 is 0 Å². The summed E-state index contributed by atoms with van der Waals surface area (Å²) in [6.45, 7) is 7.34. The lowest BCUT2D eigenvalue weighted by Gasteiger charge is -2.28. The second kappa shape index (κ2) is 13.5. The molecule has 2 aromatic rings. The van der Waals surface area contributed by atoms with E-state index in [1.807, 2.05) is 25.1 Å². The maximum Gasteiger partial charge on any atom is 0.306 e. The van der Waals surface area contributed by atoms with Gasteiger partial charge in [-0.3, -0.25) is 9.69 Å². The van der Waals surface area contributed by atoms with Crippen molar-refractivity contribution < 1.29 is 23.8 Å². The van der Waals surface area contributed by atoms with E-state index < -0.39 is 6.10 Å². The number of β-amino-alcohol motifs (C(OH)–C–C–N with tert-alkyl or cyclic N) is 1. The highest BCUT2D eigenvalue weighted by Gasteiger charge is 2.27. The van der Waals surface area contributed by atoms with Crippen LogP contribution < -0.4 is 0 Å². The lowest BCUT2D eigenvalue weighted by atomic mass is 9.97. The Kier molecular flexibility index (Phi) is 10.4. The normalized spacial score (nSPS) is 17.5. The highest BCUT2D eigenvalue weighted by Crippen LogP contribution is 2.25. The summed E-state index contributed by atoms with van der Waals surface area (Å²) in [7, 11) is 0. The van der Waals surface area contributed by atoms with E-state index in [-0.39, 0.29) is 37.0 Å². The molecule has 0 aromatic heterocycles. The molecule has 7 heteroatoms. The van der Waals surface area contributed by atoms with Crippen LogP contribution in [0.15, 0.2) is 36.4 Å². The van der Waals surface area contributed by atoms with Crippen molar-refractivity contribution in [2.24, 2.45) is 0 Å². The molecule has 1 unspecified atom stereocenters. The number of carbonyl (C=O) groups is 1. The van der Waals surface area contributed by atoms with E-state index >= 15 is 0 Å². The van der Waals surface area contributed by atoms with E-state index in [1.54, 1.807) is 32.0 Å². The molecule has 1 aliphatic rings. The summed E-state index contributed by atoms with van der Waals surface area (Å²) < 4.78 is 25.0. The number of aryl methyl sites for hydroxylation is 2. The number of ether oxygens (including phenoxy) is 2. The molecule has 0 saturated carbocycles. The molecule has 0 spiro atoms. The molecule has 1 saturated heterocycles. The van der Waals surface area contributed by atoms with Crippen molar-refractivity contribution in [3.05, 3.63) is 70.0 Å². The van der Waals surface area contributed by atoms with E-state index in [9.17, 15) is 19.6 Å². The average molecular weight is 497 g/mol. The van der Waals surface area contributed by atoms with Crippen LogP contribution in [0.5, 0.6) is 0 Å². The molecule has 1 heterocycles. The molecule has 0 bridgehead atoms. The van der Waals surface area contributed by atoms with Gasteiger partial charge in [-0.15, -0.1) is 0 Å². The van der Waals surface area contributed by atoms with Crippen molar-refractivity contribution in [2.45, 2.75) is 71.1 Å². The Morgan fingerprint density at radius 3 is 2.83 bits per heavy atom. The fourth-order valence-electron chi connectivity index (χ4n) is 4.83. The van der Waals surface area contributed by atoms with Crippen molar-refractivity contribution in [1.82, 2.24) is 4.90 Å². The number of hydrogen-bond donors (Lipinski definition) is 1. The van der Waals surface area contributed by atoms with E-state index in [1.165, 1.54) is 0 Å². The van der Waals surface area contributed by atoms with Gasteiger partial charge in [0, 0.05) is 19.0 Å². The standard InChI is InChI=1S/C29H37FN2O4/c1-4-35-29(34)12-10-24-14-23(17-31)9-11-27(24)21(3)36-19-26(33)18-32-13-5-6-25(32)15-22-8-7-20(2)28(30)16-22/h7-9,11,14,16,21,25-26,33H,4-6,10,12-13,15,18-19H2,1-3H3/t21?,25-,26+/m0/s1. The summed E-state index contributed by atoms with van der Waals surface area (Å²) in [6, 6.07) is 13.2. The Balaban J connectivity index is 1.55. The zero-order valence-electron chi connectivity index (χ0n) is 21.5. The fourth-order valence-corrected chi connectivity index (χ4v) is 4.83. The molecule has 3 atom stereocenters. The van der Waals surface area contributed by atoms with Crippen molar-refractivity contribution in [2.75, 3.05) is 26.3 Å². The largest absolute Gasteiger partial charge is 0.466 e.